The molecule has 2 atom stereocenters. The molecule has 0 saturated carbocycles. The van der Waals surface area contributed by atoms with Crippen LogP contribution < -0.4 is 5.32 Å². The topological polar surface area (TPSA) is 44.8 Å². The van der Waals surface area contributed by atoms with Crippen molar-refractivity contribution in [3.05, 3.63) is 0 Å². The number of hydrogen-bond acceptors (Lipinski definition) is 4. The number of nitrogens with zero attached hydrogens (tertiary/aromatic N) is 2. The Morgan fingerprint density at radius 1 is 1.47 bits per heavy atom. The van der Waals surface area contributed by atoms with E-state index in [1.165, 1.54) is 0 Å². The predicted octanol–water partition coefficient (Wildman–Crippen LogP) is -0.473. The SMILES string of the molecule is CCC1NCCN(CC2CN(C)CCO2)C1=O. The molecule has 0 aromatic rings. The maximum atomic E-state index is 12.1. The van der Waals surface area contributed by atoms with Crippen molar-refractivity contribution >= 4 is 5.91 Å². The highest BCUT2D eigenvalue weighted by molar-refractivity contribution is 5.82. The molecule has 5 heteroatoms. The standard InChI is InChI=1S/C12H23N3O2/c1-3-11-12(16)15(5-4-13-11)9-10-8-14(2)6-7-17-10/h10-11,13H,3-9H2,1-2H3. The Bertz CT molecular complexity index is 272. The maximum absolute atomic E-state index is 12.1. The number of amides is 1. The van der Waals surface area contributed by atoms with Crippen LogP contribution in [-0.4, -0.2) is 74.2 Å². The van der Waals surface area contributed by atoms with Gasteiger partial charge in [0.15, 0.2) is 0 Å². The molecule has 0 aromatic carbocycles. The van der Waals surface area contributed by atoms with Gasteiger partial charge in [0, 0.05) is 32.7 Å². The molecule has 17 heavy (non-hydrogen) atoms. The number of nitrogens with one attached hydrogen (secondary N) is 1. The number of rotatable bonds is 3. The second-order valence-electron chi connectivity index (χ2n) is 4.95. The molecule has 98 valence electrons. The van der Waals surface area contributed by atoms with Crippen molar-refractivity contribution in [3.8, 4) is 0 Å². The fourth-order valence-corrected chi connectivity index (χ4v) is 2.51. The van der Waals surface area contributed by atoms with Crippen LogP contribution in [0.3, 0.4) is 0 Å². The molecule has 1 amide bonds. The summed E-state index contributed by atoms with van der Waals surface area (Å²) in [6.45, 7) is 7.17. The molecular formula is C12H23N3O2. The van der Waals surface area contributed by atoms with E-state index in [0.717, 1.165) is 45.8 Å². The normalized spacial score (nSPS) is 31.9. The van der Waals surface area contributed by atoms with Gasteiger partial charge in [-0.1, -0.05) is 6.92 Å². The van der Waals surface area contributed by atoms with Crippen LogP contribution in [0.2, 0.25) is 0 Å². The van der Waals surface area contributed by atoms with E-state index < -0.39 is 0 Å². The fraction of sp³-hybridized carbons (Fsp3) is 0.917. The summed E-state index contributed by atoms with van der Waals surface area (Å²) in [5, 5.41) is 3.25. The Hall–Kier alpha value is -0.650. The molecule has 2 rings (SSSR count). The number of likely N-dealkylation sites (N-methyl/N-ethyl adjacent to an activating group) is 1. The van der Waals surface area contributed by atoms with Crippen LogP contribution in [0.15, 0.2) is 0 Å². The van der Waals surface area contributed by atoms with E-state index >= 15 is 0 Å². The number of hydrogen-bond donors (Lipinski definition) is 1. The molecule has 0 bridgehead atoms. The average molecular weight is 241 g/mol. The van der Waals surface area contributed by atoms with Crippen molar-refractivity contribution in [1.29, 1.82) is 0 Å². The number of morpholine rings is 1. The van der Waals surface area contributed by atoms with Gasteiger partial charge in [0.25, 0.3) is 0 Å². The summed E-state index contributed by atoms with van der Waals surface area (Å²) in [6.07, 6.45) is 1.04. The lowest BCUT2D eigenvalue weighted by Gasteiger charge is -2.37. The fourth-order valence-electron chi connectivity index (χ4n) is 2.51. The summed E-state index contributed by atoms with van der Waals surface area (Å²) >= 11 is 0. The molecule has 2 unspecified atom stereocenters. The molecule has 2 aliphatic heterocycles. The third-order valence-electron chi connectivity index (χ3n) is 3.56. The highest BCUT2D eigenvalue weighted by atomic mass is 16.5. The van der Waals surface area contributed by atoms with Crippen molar-refractivity contribution in [2.75, 3.05) is 46.4 Å². The minimum atomic E-state index is 0.00469. The van der Waals surface area contributed by atoms with E-state index in [1.807, 2.05) is 11.8 Å². The van der Waals surface area contributed by atoms with Gasteiger partial charge in [-0.15, -0.1) is 0 Å². The van der Waals surface area contributed by atoms with Crippen molar-refractivity contribution in [3.63, 3.8) is 0 Å². The number of ether oxygens (including phenoxy) is 1. The van der Waals surface area contributed by atoms with E-state index in [0.29, 0.717) is 0 Å². The van der Waals surface area contributed by atoms with Gasteiger partial charge in [0.05, 0.1) is 18.8 Å². The van der Waals surface area contributed by atoms with Gasteiger partial charge in [0.1, 0.15) is 0 Å². The first-order chi connectivity index (χ1) is 8.20. The van der Waals surface area contributed by atoms with Crippen molar-refractivity contribution in [1.82, 2.24) is 15.1 Å². The van der Waals surface area contributed by atoms with Crippen LogP contribution in [0.1, 0.15) is 13.3 Å². The highest BCUT2D eigenvalue weighted by Gasteiger charge is 2.29. The van der Waals surface area contributed by atoms with Crippen LogP contribution >= 0.6 is 0 Å². The van der Waals surface area contributed by atoms with Gasteiger partial charge in [0.2, 0.25) is 5.91 Å². The molecular weight excluding hydrogens is 218 g/mol. The first kappa shape index (κ1) is 12.8. The van der Waals surface area contributed by atoms with Gasteiger partial charge < -0.3 is 19.9 Å². The third-order valence-corrected chi connectivity index (χ3v) is 3.56. The van der Waals surface area contributed by atoms with E-state index in [1.54, 1.807) is 0 Å². The molecule has 0 aliphatic carbocycles. The summed E-state index contributed by atoms with van der Waals surface area (Å²) in [5.41, 5.74) is 0. The van der Waals surface area contributed by atoms with Gasteiger partial charge in [-0.2, -0.15) is 0 Å². The minimum Gasteiger partial charge on any atom is -0.374 e. The van der Waals surface area contributed by atoms with Gasteiger partial charge in [-0.3, -0.25) is 4.79 Å². The molecule has 2 heterocycles. The first-order valence-electron chi connectivity index (χ1n) is 6.53. The molecule has 5 nitrogen and oxygen atoms in total. The van der Waals surface area contributed by atoms with Crippen LogP contribution in [0.25, 0.3) is 0 Å². The molecule has 2 aliphatic rings. The summed E-state index contributed by atoms with van der Waals surface area (Å²) in [7, 11) is 2.10. The van der Waals surface area contributed by atoms with E-state index in [9.17, 15) is 4.79 Å². The Kier molecular flexibility index (Phi) is 4.36. The summed E-state index contributed by atoms with van der Waals surface area (Å²) in [4.78, 5) is 16.3. The largest absolute Gasteiger partial charge is 0.374 e. The molecule has 0 radical (unpaired) electrons. The van der Waals surface area contributed by atoms with Crippen molar-refractivity contribution in [2.24, 2.45) is 0 Å². The van der Waals surface area contributed by atoms with Gasteiger partial charge >= 0.3 is 0 Å². The number of piperazine rings is 1. The third kappa shape index (κ3) is 3.18. The molecule has 0 spiro atoms. The Labute approximate surface area is 103 Å². The molecule has 0 aromatic heterocycles. The van der Waals surface area contributed by atoms with Crippen LogP contribution in [0.5, 0.6) is 0 Å². The van der Waals surface area contributed by atoms with Crippen molar-refractivity contribution in [2.45, 2.75) is 25.5 Å². The first-order valence-corrected chi connectivity index (χ1v) is 6.53. The zero-order valence-electron chi connectivity index (χ0n) is 10.8. The predicted molar refractivity (Wildman–Crippen MR) is 65.9 cm³/mol. The molecule has 2 saturated heterocycles. The highest BCUT2D eigenvalue weighted by Crippen LogP contribution is 2.09. The Morgan fingerprint density at radius 2 is 2.29 bits per heavy atom. The quantitative estimate of drug-likeness (QED) is 0.725. The second-order valence-corrected chi connectivity index (χ2v) is 4.95. The smallest absolute Gasteiger partial charge is 0.239 e. The summed E-state index contributed by atoms with van der Waals surface area (Å²) < 4.78 is 5.71. The van der Waals surface area contributed by atoms with Crippen molar-refractivity contribution < 1.29 is 9.53 Å². The van der Waals surface area contributed by atoms with Crippen LogP contribution in [0.4, 0.5) is 0 Å². The molecule has 1 N–H and O–H groups in total. The second kappa shape index (κ2) is 5.80. The van der Waals surface area contributed by atoms with Gasteiger partial charge in [-0.25, -0.2) is 0 Å². The molecule has 2 fully saturated rings. The zero-order chi connectivity index (χ0) is 12.3. The lowest BCUT2D eigenvalue weighted by atomic mass is 10.1. The van der Waals surface area contributed by atoms with Gasteiger partial charge in [-0.05, 0) is 13.5 Å². The zero-order valence-corrected chi connectivity index (χ0v) is 10.8. The number of carbonyl (C=O) groups excluding carboxylic acids is 1. The van der Waals surface area contributed by atoms with E-state index in [4.69, 9.17) is 4.74 Å². The average Bonchev–Trinajstić information content (AvgIpc) is 2.32. The summed E-state index contributed by atoms with van der Waals surface area (Å²) in [5.74, 6) is 0.232. The van der Waals surface area contributed by atoms with E-state index in [2.05, 4.69) is 17.3 Å². The maximum Gasteiger partial charge on any atom is 0.239 e. The Morgan fingerprint density at radius 3 is 3.00 bits per heavy atom. The number of carbonyl (C=O) groups is 1. The lowest BCUT2D eigenvalue weighted by molar-refractivity contribution is -0.139. The minimum absolute atomic E-state index is 0.00469. The van der Waals surface area contributed by atoms with Crippen LogP contribution in [-0.2, 0) is 9.53 Å². The Balaban J connectivity index is 1.87. The van der Waals surface area contributed by atoms with Crippen LogP contribution in [0, 0.1) is 0 Å². The monoisotopic (exact) mass is 241 g/mol. The van der Waals surface area contributed by atoms with E-state index in [-0.39, 0.29) is 18.1 Å². The lowest BCUT2D eigenvalue weighted by Crippen LogP contribution is -2.57. The summed E-state index contributed by atoms with van der Waals surface area (Å²) in [6, 6.07) is 0.00469.